The van der Waals surface area contributed by atoms with Gasteiger partial charge in [0.1, 0.15) is 12.6 Å². The minimum atomic E-state index is -0.187. The van der Waals surface area contributed by atoms with Gasteiger partial charge >= 0.3 is 0 Å². The molecule has 0 aromatic carbocycles. The van der Waals surface area contributed by atoms with Crippen molar-refractivity contribution in [3.63, 3.8) is 0 Å². The van der Waals surface area contributed by atoms with Crippen molar-refractivity contribution in [3.8, 4) is 0 Å². The molecule has 0 amide bonds. The second-order valence-electron chi connectivity index (χ2n) is 8.40. The number of carbonyl (C=O) groups excluding carboxylic acids is 2. The Hall–Kier alpha value is -0.920. The van der Waals surface area contributed by atoms with Gasteiger partial charge in [-0.1, -0.05) is 38.8 Å². The molecule has 3 rings (SSSR count). The predicted molar refractivity (Wildman–Crippen MR) is 83.8 cm³/mol. The molecular weight excluding hydrogens is 260 g/mol. The number of hydrogen-bond acceptors (Lipinski definition) is 2. The summed E-state index contributed by atoms with van der Waals surface area (Å²) in [5.41, 5.74) is 1.27. The van der Waals surface area contributed by atoms with E-state index >= 15 is 0 Å². The van der Waals surface area contributed by atoms with E-state index in [2.05, 4.69) is 26.8 Å². The van der Waals surface area contributed by atoms with Crippen molar-refractivity contribution in [2.75, 3.05) is 0 Å². The molecule has 2 saturated carbocycles. The molecule has 3 aliphatic carbocycles. The lowest BCUT2D eigenvalue weighted by Crippen LogP contribution is -2.52. The quantitative estimate of drug-likeness (QED) is 0.560. The highest BCUT2D eigenvalue weighted by Crippen LogP contribution is 2.64. The largest absolute Gasteiger partial charge is 0.303 e. The molecule has 0 saturated heterocycles. The van der Waals surface area contributed by atoms with Gasteiger partial charge in [0.05, 0.1) is 0 Å². The Balaban J connectivity index is 2.04. The van der Waals surface area contributed by atoms with E-state index in [1.807, 2.05) is 0 Å². The first-order valence-corrected chi connectivity index (χ1v) is 8.53. The van der Waals surface area contributed by atoms with Gasteiger partial charge in [-0.15, -0.1) is 0 Å². The summed E-state index contributed by atoms with van der Waals surface area (Å²) < 4.78 is 0. The van der Waals surface area contributed by atoms with Crippen LogP contribution >= 0.6 is 0 Å². The molecule has 0 N–H and O–H groups in total. The van der Waals surface area contributed by atoms with Crippen LogP contribution in [-0.4, -0.2) is 12.6 Å². The summed E-state index contributed by atoms with van der Waals surface area (Å²) in [7, 11) is 0. The summed E-state index contributed by atoms with van der Waals surface area (Å²) in [5, 5.41) is 0. The monoisotopic (exact) mass is 288 g/mol. The Labute approximate surface area is 128 Å². The highest BCUT2D eigenvalue weighted by Gasteiger charge is 2.56. The van der Waals surface area contributed by atoms with E-state index in [4.69, 9.17) is 0 Å². The molecule has 2 nitrogen and oxygen atoms in total. The number of hydrogen-bond donors (Lipinski definition) is 0. The van der Waals surface area contributed by atoms with Gasteiger partial charge in [-0.3, -0.25) is 0 Å². The van der Waals surface area contributed by atoms with Crippen LogP contribution in [0.15, 0.2) is 11.6 Å². The van der Waals surface area contributed by atoms with Crippen LogP contribution in [0, 0.1) is 28.1 Å². The molecular formula is C19H28O2. The van der Waals surface area contributed by atoms with Gasteiger partial charge in [-0.05, 0) is 55.8 Å². The van der Waals surface area contributed by atoms with Crippen LogP contribution in [-0.2, 0) is 9.59 Å². The van der Waals surface area contributed by atoms with E-state index in [0.29, 0.717) is 11.8 Å². The van der Waals surface area contributed by atoms with Gasteiger partial charge in [0.15, 0.2) is 0 Å². The predicted octanol–water partition coefficient (Wildman–Crippen LogP) is 4.33. The van der Waals surface area contributed by atoms with E-state index in [9.17, 15) is 9.59 Å². The molecule has 0 aromatic heterocycles. The summed E-state index contributed by atoms with van der Waals surface area (Å²) >= 11 is 0. The molecule has 0 aliphatic heterocycles. The number of rotatable bonds is 2. The van der Waals surface area contributed by atoms with Gasteiger partial charge in [0, 0.05) is 10.8 Å². The average Bonchev–Trinajstić information content (AvgIpc) is 2.48. The maximum atomic E-state index is 11.7. The third kappa shape index (κ3) is 1.98. The SMILES string of the molecule is C[C@]1(C=O)CCC=C2C1CC[C@@H]1[C@@]2(C)CCC[C@@]1(C)C=O. The summed E-state index contributed by atoms with van der Waals surface area (Å²) in [4.78, 5) is 23.4. The van der Waals surface area contributed by atoms with Crippen molar-refractivity contribution >= 4 is 12.6 Å². The molecule has 0 heterocycles. The maximum absolute atomic E-state index is 11.7. The lowest BCUT2D eigenvalue weighted by molar-refractivity contribution is -0.129. The summed E-state index contributed by atoms with van der Waals surface area (Å²) in [6.07, 6.45) is 12.3. The van der Waals surface area contributed by atoms with Gasteiger partial charge < -0.3 is 9.59 Å². The van der Waals surface area contributed by atoms with Crippen molar-refractivity contribution in [2.24, 2.45) is 28.1 Å². The first-order chi connectivity index (χ1) is 9.89. The first-order valence-electron chi connectivity index (χ1n) is 8.53. The number of aldehydes is 2. The van der Waals surface area contributed by atoms with Crippen LogP contribution in [0.1, 0.15) is 65.7 Å². The minimum absolute atomic E-state index is 0.127. The molecule has 3 aliphatic rings. The smallest absolute Gasteiger partial charge is 0.126 e. The molecule has 0 aromatic rings. The van der Waals surface area contributed by atoms with Crippen molar-refractivity contribution in [1.82, 2.24) is 0 Å². The van der Waals surface area contributed by atoms with Gasteiger partial charge in [-0.2, -0.15) is 0 Å². The van der Waals surface area contributed by atoms with Crippen LogP contribution in [0.2, 0.25) is 0 Å². The second kappa shape index (κ2) is 4.79. The third-order valence-corrected chi connectivity index (χ3v) is 7.14. The lowest BCUT2D eigenvalue weighted by Gasteiger charge is -2.59. The topological polar surface area (TPSA) is 34.1 Å². The Morgan fingerprint density at radius 3 is 2.38 bits per heavy atom. The normalized spacial score (nSPS) is 49.6. The fraction of sp³-hybridized carbons (Fsp3) is 0.789. The zero-order valence-electron chi connectivity index (χ0n) is 13.7. The second-order valence-corrected chi connectivity index (χ2v) is 8.40. The Morgan fingerprint density at radius 2 is 1.71 bits per heavy atom. The number of carbonyl (C=O) groups is 2. The van der Waals surface area contributed by atoms with E-state index in [0.717, 1.165) is 38.5 Å². The average molecular weight is 288 g/mol. The molecule has 0 radical (unpaired) electrons. The van der Waals surface area contributed by atoms with Crippen molar-refractivity contribution < 1.29 is 9.59 Å². The molecule has 0 spiro atoms. The molecule has 2 heteroatoms. The molecule has 116 valence electrons. The van der Waals surface area contributed by atoms with Crippen molar-refractivity contribution in [2.45, 2.75) is 65.7 Å². The maximum Gasteiger partial charge on any atom is 0.126 e. The Morgan fingerprint density at radius 1 is 1.00 bits per heavy atom. The lowest BCUT2D eigenvalue weighted by atomic mass is 9.45. The molecule has 5 atom stereocenters. The minimum Gasteiger partial charge on any atom is -0.303 e. The van der Waals surface area contributed by atoms with E-state index in [1.165, 1.54) is 24.6 Å². The van der Waals surface area contributed by atoms with Crippen LogP contribution in [0.4, 0.5) is 0 Å². The molecule has 21 heavy (non-hydrogen) atoms. The molecule has 0 bridgehead atoms. The van der Waals surface area contributed by atoms with Crippen LogP contribution in [0.5, 0.6) is 0 Å². The summed E-state index contributed by atoms with van der Waals surface area (Å²) in [6, 6.07) is 0. The van der Waals surface area contributed by atoms with Crippen LogP contribution in [0.3, 0.4) is 0 Å². The Bertz CT molecular complexity index is 494. The molecule has 2 fully saturated rings. The number of allylic oxidation sites excluding steroid dienone is 2. The first kappa shape index (κ1) is 15.0. The molecule has 1 unspecified atom stereocenters. The van der Waals surface area contributed by atoms with E-state index in [-0.39, 0.29) is 16.2 Å². The van der Waals surface area contributed by atoms with Crippen LogP contribution < -0.4 is 0 Å². The van der Waals surface area contributed by atoms with Gasteiger partial charge in [0.25, 0.3) is 0 Å². The fourth-order valence-corrected chi connectivity index (χ4v) is 5.85. The van der Waals surface area contributed by atoms with Crippen LogP contribution in [0.25, 0.3) is 0 Å². The van der Waals surface area contributed by atoms with Gasteiger partial charge in [-0.25, -0.2) is 0 Å². The van der Waals surface area contributed by atoms with Crippen molar-refractivity contribution in [3.05, 3.63) is 11.6 Å². The van der Waals surface area contributed by atoms with E-state index in [1.54, 1.807) is 0 Å². The zero-order chi connectivity index (χ0) is 15.3. The zero-order valence-corrected chi connectivity index (χ0v) is 13.7. The standard InChI is InChI=1S/C19H28O2/c1-17(12-20)9-4-6-15-14(17)7-8-16-18(2,13-21)10-5-11-19(15,16)3/h6,12-14,16H,4-5,7-11H2,1-3H3/t14?,16-,17+,18-,19-/m0/s1. The van der Waals surface area contributed by atoms with E-state index < -0.39 is 0 Å². The fourth-order valence-electron chi connectivity index (χ4n) is 5.85. The highest BCUT2D eigenvalue weighted by molar-refractivity contribution is 5.63. The summed E-state index contributed by atoms with van der Waals surface area (Å²) in [6.45, 7) is 6.67. The Kier molecular flexibility index (Phi) is 3.42. The van der Waals surface area contributed by atoms with Gasteiger partial charge in [0.2, 0.25) is 0 Å². The number of fused-ring (bicyclic) bond motifs is 3. The summed E-state index contributed by atoms with van der Waals surface area (Å²) in [5.74, 6) is 0.853. The highest BCUT2D eigenvalue weighted by atomic mass is 16.1. The van der Waals surface area contributed by atoms with Crippen molar-refractivity contribution in [1.29, 1.82) is 0 Å². The third-order valence-electron chi connectivity index (χ3n) is 7.14.